The van der Waals surface area contributed by atoms with E-state index >= 15 is 0 Å². The van der Waals surface area contributed by atoms with Gasteiger partial charge in [0.15, 0.2) is 0 Å². The van der Waals surface area contributed by atoms with Crippen molar-refractivity contribution in [1.82, 2.24) is 9.80 Å². The molecule has 3 rings (SSSR count). The van der Waals surface area contributed by atoms with Crippen LogP contribution >= 0.6 is 0 Å². The minimum atomic E-state index is -0.843. The molecule has 0 saturated carbocycles. The van der Waals surface area contributed by atoms with E-state index in [0.717, 1.165) is 37.9 Å². The maximum Gasteiger partial charge on any atom is 0.326 e. The molecule has 0 aromatic heterocycles. The number of hydrogen-bond donors (Lipinski definition) is 0. The average Bonchev–Trinajstić information content (AvgIpc) is 3.01. The Hall–Kier alpha value is -1.95. The first kappa shape index (κ1) is 19.8. The summed E-state index contributed by atoms with van der Waals surface area (Å²) in [6.07, 6.45) is 4.16. The number of rotatable bonds is 4. The van der Waals surface area contributed by atoms with E-state index in [1.807, 2.05) is 23.8 Å². The molecule has 5 nitrogen and oxygen atoms in total. The van der Waals surface area contributed by atoms with E-state index in [2.05, 4.69) is 0 Å². The zero-order chi connectivity index (χ0) is 19.6. The van der Waals surface area contributed by atoms with Crippen LogP contribution in [0.5, 0.6) is 0 Å². The van der Waals surface area contributed by atoms with Crippen molar-refractivity contribution in [2.24, 2.45) is 5.92 Å². The van der Waals surface area contributed by atoms with Gasteiger partial charge in [0.1, 0.15) is 11.4 Å². The van der Waals surface area contributed by atoms with Gasteiger partial charge in [0.05, 0.1) is 13.0 Å². The van der Waals surface area contributed by atoms with Gasteiger partial charge in [-0.05, 0) is 56.8 Å². The number of esters is 1. The van der Waals surface area contributed by atoms with Gasteiger partial charge < -0.3 is 9.64 Å². The summed E-state index contributed by atoms with van der Waals surface area (Å²) in [5.41, 5.74) is 0.0117. The second-order valence-corrected chi connectivity index (χ2v) is 7.68. The first-order valence-electron chi connectivity index (χ1n) is 9.80. The molecule has 2 aliphatic rings. The fourth-order valence-electron chi connectivity index (χ4n) is 4.80. The van der Waals surface area contributed by atoms with Gasteiger partial charge in [-0.3, -0.25) is 14.5 Å². The Balaban J connectivity index is 2.00. The molecule has 0 radical (unpaired) electrons. The zero-order valence-electron chi connectivity index (χ0n) is 16.4. The third-order valence-electron chi connectivity index (χ3n) is 6.38. The topological polar surface area (TPSA) is 49.9 Å². The molecule has 0 unspecified atom stereocenters. The SMILES string of the molecule is CC[C@@]1(C(=O)OC)C[C@H](C(=O)N2CCCCC2)[C@H](c2ccc(F)cc2)N1C. The third-order valence-corrected chi connectivity index (χ3v) is 6.38. The van der Waals surface area contributed by atoms with Crippen LogP contribution in [0.2, 0.25) is 0 Å². The standard InChI is InChI=1S/C21H29FN2O3/c1-4-21(20(26)27-3)14-17(19(25)24-12-6-5-7-13-24)18(23(21)2)15-8-10-16(22)11-9-15/h8-11,17-18H,4-7,12-14H2,1-3H3/t17-,18-,21-/m0/s1. The molecule has 2 aliphatic heterocycles. The predicted molar refractivity (Wildman–Crippen MR) is 100 cm³/mol. The van der Waals surface area contributed by atoms with Crippen LogP contribution < -0.4 is 0 Å². The number of carbonyl (C=O) groups is 2. The van der Waals surface area contributed by atoms with Gasteiger partial charge in [-0.15, -0.1) is 0 Å². The largest absolute Gasteiger partial charge is 0.468 e. The maximum absolute atomic E-state index is 13.5. The molecule has 2 saturated heterocycles. The monoisotopic (exact) mass is 376 g/mol. The average molecular weight is 376 g/mol. The highest BCUT2D eigenvalue weighted by Crippen LogP contribution is 2.48. The molecule has 148 valence electrons. The van der Waals surface area contributed by atoms with Gasteiger partial charge in [0.25, 0.3) is 0 Å². The second kappa shape index (κ2) is 7.97. The lowest BCUT2D eigenvalue weighted by atomic mass is 9.86. The van der Waals surface area contributed by atoms with E-state index in [0.29, 0.717) is 12.8 Å². The van der Waals surface area contributed by atoms with Crippen molar-refractivity contribution in [3.05, 3.63) is 35.6 Å². The summed E-state index contributed by atoms with van der Waals surface area (Å²) in [7, 11) is 3.26. The minimum absolute atomic E-state index is 0.0927. The highest BCUT2D eigenvalue weighted by molar-refractivity contribution is 5.86. The van der Waals surface area contributed by atoms with Gasteiger partial charge in [-0.1, -0.05) is 19.1 Å². The molecule has 6 heteroatoms. The lowest BCUT2D eigenvalue weighted by molar-refractivity contribution is -0.153. The van der Waals surface area contributed by atoms with Crippen LogP contribution in [0.1, 0.15) is 50.6 Å². The van der Waals surface area contributed by atoms with E-state index in [1.165, 1.54) is 19.2 Å². The number of halogens is 1. The first-order chi connectivity index (χ1) is 12.9. The number of amides is 1. The first-order valence-corrected chi connectivity index (χ1v) is 9.80. The summed E-state index contributed by atoms with van der Waals surface area (Å²) in [6.45, 7) is 3.49. The molecule has 27 heavy (non-hydrogen) atoms. The number of hydrogen-bond acceptors (Lipinski definition) is 4. The molecular weight excluding hydrogens is 347 g/mol. The molecule has 2 heterocycles. The number of likely N-dealkylation sites (N-methyl/N-ethyl adjacent to an activating group) is 1. The van der Waals surface area contributed by atoms with E-state index in [1.54, 1.807) is 12.1 Å². The number of methoxy groups -OCH3 is 1. The van der Waals surface area contributed by atoms with Gasteiger partial charge >= 0.3 is 5.97 Å². The summed E-state index contributed by atoms with van der Waals surface area (Å²) in [5.74, 6) is -0.880. The van der Waals surface area contributed by atoms with Crippen LogP contribution in [0.4, 0.5) is 4.39 Å². The van der Waals surface area contributed by atoms with E-state index < -0.39 is 5.54 Å². The Morgan fingerprint density at radius 2 is 1.81 bits per heavy atom. The van der Waals surface area contributed by atoms with Crippen molar-refractivity contribution < 1.29 is 18.7 Å². The molecule has 2 fully saturated rings. The number of benzene rings is 1. The minimum Gasteiger partial charge on any atom is -0.468 e. The maximum atomic E-state index is 13.5. The Bertz CT molecular complexity index is 687. The molecule has 0 spiro atoms. The van der Waals surface area contributed by atoms with Crippen molar-refractivity contribution in [3.8, 4) is 0 Å². The van der Waals surface area contributed by atoms with Crippen molar-refractivity contribution >= 4 is 11.9 Å². The quantitative estimate of drug-likeness (QED) is 0.758. The second-order valence-electron chi connectivity index (χ2n) is 7.68. The fourth-order valence-corrected chi connectivity index (χ4v) is 4.80. The van der Waals surface area contributed by atoms with Crippen LogP contribution in [-0.4, -0.2) is 54.5 Å². The predicted octanol–water partition coefficient (Wildman–Crippen LogP) is 3.15. The van der Waals surface area contributed by atoms with E-state index in [4.69, 9.17) is 4.74 Å². The lowest BCUT2D eigenvalue weighted by Gasteiger charge is -2.35. The molecule has 0 aliphatic carbocycles. The van der Waals surface area contributed by atoms with Crippen molar-refractivity contribution in [3.63, 3.8) is 0 Å². The number of ether oxygens (including phenoxy) is 1. The highest BCUT2D eigenvalue weighted by Gasteiger charge is 2.57. The van der Waals surface area contributed by atoms with Gasteiger partial charge in [0.2, 0.25) is 5.91 Å². The number of nitrogens with zero attached hydrogens (tertiary/aromatic N) is 2. The summed E-state index contributed by atoms with van der Waals surface area (Å²) >= 11 is 0. The van der Waals surface area contributed by atoms with Gasteiger partial charge in [-0.25, -0.2) is 4.39 Å². The Kier molecular flexibility index (Phi) is 5.84. The fraction of sp³-hybridized carbons (Fsp3) is 0.619. The van der Waals surface area contributed by atoms with Crippen molar-refractivity contribution in [2.45, 2.75) is 50.6 Å². The summed E-state index contributed by atoms with van der Waals surface area (Å²) < 4.78 is 18.6. The third kappa shape index (κ3) is 3.47. The summed E-state index contributed by atoms with van der Waals surface area (Å²) in [5, 5.41) is 0. The molecule has 1 aromatic rings. The number of carbonyl (C=O) groups excluding carboxylic acids is 2. The van der Waals surface area contributed by atoms with E-state index in [9.17, 15) is 14.0 Å². The normalized spacial score (nSPS) is 29.0. The van der Waals surface area contributed by atoms with Crippen LogP contribution in [-0.2, 0) is 14.3 Å². The summed E-state index contributed by atoms with van der Waals surface area (Å²) in [4.78, 5) is 30.0. The number of piperidine rings is 1. The van der Waals surface area contributed by atoms with Crippen molar-refractivity contribution in [2.75, 3.05) is 27.2 Å². The molecular formula is C21H29FN2O3. The molecule has 3 atom stereocenters. The molecule has 0 N–H and O–H groups in total. The van der Waals surface area contributed by atoms with Crippen LogP contribution in [0.15, 0.2) is 24.3 Å². The van der Waals surface area contributed by atoms with Gasteiger partial charge in [-0.2, -0.15) is 0 Å². The van der Waals surface area contributed by atoms with Gasteiger partial charge in [0, 0.05) is 19.1 Å². The zero-order valence-corrected chi connectivity index (χ0v) is 16.4. The Morgan fingerprint density at radius 3 is 2.37 bits per heavy atom. The molecule has 1 amide bonds. The smallest absolute Gasteiger partial charge is 0.326 e. The van der Waals surface area contributed by atoms with Crippen LogP contribution in [0, 0.1) is 11.7 Å². The van der Waals surface area contributed by atoms with Crippen molar-refractivity contribution in [1.29, 1.82) is 0 Å². The number of likely N-dealkylation sites (tertiary alicyclic amines) is 2. The highest BCUT2D eigenvalue weighted by atomic mass is 19.1. The Labute approximate surface area is 160 Å². The van der Waals surface area contributed by atoms with E-state index in [-0.39, 0.29) is 29.7 Å². The van der Waals surface area contributed by atoms with Crippen LogP contribution in [0.25, 0.3) is 0 Å². The lowest BCUT2D eigenvalue weighted by Crippen LogP contribution is -2.49. The Morgan fingerprint density at radius 1 is 1.19 bits per heavy atom. The summed E-state index contributed by atoms with van der Waals surface area (Å²) in [6, 6.07) is 5.98. The molecule has 0 bridgehead atoms. The molecule has 1 aromatic carbocycles. The van der Waals surface area contributed by atoms with Crippen LogP contribution in [0.3, 0.4) is 0 Å².